The Morgan fingerprint density at radius 1 is 0.857 bits per heavy atom. The number of rotatable bonds is 10. The first kappa shape index (κ1) is 26.1. The highest BCUT2D eigenvalue weighted by Crippen LogP contribution is 2.37. The van der Waals surface area contributed by atoms with Gasteiger partial charge in [-0.1, -0.05) is 52.0 Å². The third-order valence-corrected chi connectivity index (χ3v) is 5.97. The van der Waals surface area contributed by atoms with Crippen molar-refractivity contribution in [2.24, 2.45) is 11.8 Å². The standard InChI is InChI=1S/C27H35N3O5/c1-18(2)15-29(16-19(3)4)24(31)17-30-25(32)27(28-26(30)33,20-7-11-22(34-5)12-8-20)21-9-13-23(35-6)14-10-21/h7-14,18-19H,15-17H2,1-6H3,(H,28,33). The summed E-state index contributed by atoms with van der Waals surface area (Å²) in [5.41, 5.74) is -0.340. The molecule has 1 fully saturated rings. The van der Waals surface area contributed by atoms with Gasteiger partial charge in [-0.25, -0.2) is 4.79 Å². The Kier molecular flexibility index (Phi) is 8.04. The SMILES string of the molecule is COc1ccc(C2(c3ccc(OC)cc3)NC(=O)N(CC(=O)N(CC(C)C)CC(C)C)C2=O)cc1. The van der Waals surface area contributed by atoms with Gasteiger partial charge in [0.15, 0.2) is 5.54 Å². The van der Waals surface area contributed by atoms with Crippen LogP contribution < -0.4 is 14.8 Å². The molecule has 0 bridgehead atoms. The molecular weight excluding hydrogens is 446 g/mol. The lowest BCUT2D eigenvalue weighted by Crippen LogP contribution is -2.47. The largest absolute Gasteiger partial charge is 0.497 e. The van der Waals surface area contributed by atoms with Crippen LogP contribution in [0.3, 0.4) is 0 Å². The molecule has 1 aliphatic rings. The molecule has 2 aromatic carbocycles. The molecule has 1 heterocycles. The van der Waals surface area contributed by atoms with Gasteiger partial charge in [-0.15, -0.1) is 0 Å². The summed E-state index contributed by atoms with van der Waals surface area (Å²) >= 11 is 0. The monoisotopic (exact) mass is 481 g/mol. The highest BCUT2D eigenvalue weighted by molar-refractivity contribution is 6.11. The number of nitrogens with one attached hydrogen (secondary N) is 1. The number of hydrogen-bond acceptors (Lipinski definition) is 5. The molecular formula is C27H35N3O5. The maximum atomic E-state index is 14.0. The summed E-state index contributed by atoms with van der Waals surface area (Å²) in [5.74, 6) is 1.02. The number of carbonyl (C=O) groups excluding carboxylic acids is 3. The van der Waals surface area contributed by atoms with Crippen LogP contribution in [0.25, 0.3) is 0 Å². The second-order valence-corrected chi connectivity index (χ2v) is 9.61. The zero-order valence-electron chi connectivity index (χ0n) is 21.3. The number of imide groups is 1. The molecule has 3 rings (SSSR count). The van der Waals surface area contributed by atoms with Crippen LogP contribution in [0.1, 0.15) is 38.8 Å². The van der Waals surface area contributed by atoms with Crippen molar-refractivity contribution in [1.82, 2.24) is 15.1 Å². The molecule has 0 radical (unpaired) electrons. The highest BCUT2D eigenvalue weighted by atomic mass is 16.5. The second-order valence-electron chi connectivity index (χ2n) is 9.61. The number of methoxy groups -OCH3 is 2. The van der Waals surface area contributed by atoms with Gasteiger partial charge in [0.2, 0.25) is 5.91 Å². The zero-order chi connectivity index (χ0) is 25.8. The Hall–Kier alpha value is -3.55. The lowest BCUT2D eigenvalue weighted by Gasteiger charge is -2.29. The van der Waals surface area contributed by atoms with Crippen molar-refractivity contribution in [3.8, 4) is 11.5 Å². The first-order valence-electron chi connectivity index (χ1n) is 11.8. The fourth-order valence-electron chi connectivity index (χ4n) is 4.35. The molecule has 0 aliphatic carbocycles. The van der Waals surface area contributed by atoms with E-state index in [1.807, 2.05) is 27.7 Å². The molecule has 1 aliphatic heterocycles. The molecule has 0 unspecified atom stereocenters. The Labute approximate surface area is 207 Å². The number of carbonyl (C=O) groups is 3. The summed E-state index contributed by atoms with van der Waals surface area (Å²) in [6.45, 7) is 8.93. The van der Waals surface area contributed by atoms with Crippen molar-refractivity contribution >= 4 is 17.8 Å². The van der Waals surface area contributed by atoms with E-state index in [1.165, 1.54) is 0 Å². The summed E-state index contributed by atoms with van der Waals surface area (Å²) in [6.07, 6.45) is 0. The Morgan fingerprint density at radius 3 is 1.66 bits per heavy atom. The first-order valence-corrected chi connectivity index (χ1v) is 11.8. The molecule has 0 aromatic heterocycles. The minimum atomic E-state index is -1.48. The van der Waals surface area contributed by atoms with Crippen molar-refractivity contribution in [1.29, 1.82) is 0 Å². The molecule has 4 amide bonds. The van der Waals surface area contributed by atoms with E-state index in [0.29, 0.717) is 35.7 Å². The van der Waals surface area contributed by atoms with Crippen molar-refractivity contribution in [3.63, 3.8) is 0 Å². The van der Waals surface area contributed by atoms with E-state index in [1.54, 1.807) is 67.7 Å². The minimum absolute atomic E-state index is 0.254. The molecule has 1 N–H and O–H groups in total. The number of amides is 4. The average Bonchev–Trinajstić information content (AvgIpc) is 3.08. The summed E-state index contributed by atoms with van der Waals surface area (Å²) in [5, 5.41) is 2.89. The molecule has 2 aromatic rings. The fraction of sp³-hybridized carbons (Fsp3) is 0.444. The molecule has 188 valence electrons. The van der Waals surface area contributed by atoms with E-state index in [-0.39, 0.29) is 24.3 Å². The lowest BCUT2D eigenvalue weighted by atomic mass is 9.82. The third kappa shape index (κ3) is 5.42. The van der Waals surface area contributed by atoms with Crippen molar-refractivity contribution in [2.75, 3.05) is 33.9 Å². The van der Waals surface area contributed by atoms with Gasteiger partial charge in [0.25, 0.3) is 5.91 Å². The van der Waals surface area contributed by atoms with Crippen LogP contribution in [0.15, 0.2) is 48.5 Å². The van der Waals surface area contributed by atoms with Crippen molar-refractivity contribution < 1.29 is 23.9 Å². The summed E-state index contributed by atoms with van der Waals surface area (Å²) < 4.78 is 10.5. The average molecular weight is 482 g/mol. The van der Waals surface area contributed by atoms with Crippen LogP contribution in [0.4, 0.5) is 4.79 Å². The van der Waals surface area contributed by atoms with Crippen molar-refractivity contribution in [3.05, 3.63) is 59.7 Å². The predicted octanol–water partition coefficient (Wildman–Crippen LogP) is 3.64. The van der Waals surface area contributed by atoms with Crippen LogP contribution in [-0.4, -0.2) is 61.5 Å². The van der Waals surface area contributed by atoms with Gasteiger partial charge in [0, 0.05) is 13.1 Å². The van der Waals surface area contributed by atoms with Gasteiger partial charge >= 0.3 is 6.03 Å². The van der Waals surface area contributed by atoms with E-state index in [2.05, 4.69) is 5.32 Å². The minimum Gasteiger partial charge on any atom is -0.497 e. The van der Waals surface area contributed by atoms with Crippen LogP contribution in [-0.2, 0) is 15.1 Å². The molecule has 0 saturated carbocycles. The normalized spacial score (nSPS) is 14.9. The molecule has 1 saturated heterocycles. The zero-order valence-corrected chi connectivity index (χ0v) is 21.3. The summed E-state index contributed by atoms with van der Waals surface area (Å²) in [7, 11) is 3.12. The lowest BCUT2D eigenvalue weighted by molar-refractivity contribution is -0.139. The van der Waals surface area contributed by atoms with Crippen LogP contribution >= 0.6 is 0 Å². The Bertz CT molecular complexity index is 990. The van der Waals surface area contributed by atoms with Crippen LogP contribution in [0.5, 0.6) is 11.5 Å². The molecule has 8 heteroatoms. The van der Waals surface area contributed by atoms with Crippen LogP contribution in [0.2, 0.25) is 0 Å². The van der Waals surface area contributed by atoms with E-state index in [4.69, 9.17) is 9.47 Å². The van der Waals surface area contributed by atoms with Gasteiger partial charge in [-0.3, -0.25) is 14.5 Å². The Balaban J connectivity index is 2.00. The number of ether oxygens (including phenoxy) is 2. The molecule has 0 spiro atoms. The predicted molar refractivity (Wildman–Crippen MR) is 133 cm³/mol. The van der Waals surface area contributed by atoms with Crippen LogP contribution in [0, 0.1) is 11.8 Å². The maximum absolute atomic E-state index is 14.0. The highest BCUT2D eigenvalue weighted by Gasteiger charge is 2.54. The number of urea groups is 1. The first-order chi connectivity index (χ1) is 16.6. The Morgan fingerprint density at radius 2 is 1.29 bits per heavy atom. The van der Waals surface area contributed by atoms with E-state index in [0.717, 1.165) is 4.90 Å². The van der Waals surface area contributed by atoms with Gasteiger partial charge < -0.3 is 19.7 Å². The maximum Gasteiger partial charge on any atom is 0.326 e. The summed E-state index contributed by atoms with van der Waals surface area (Å²) in [6, 6.07) is 13.3. The van der Waals surface area contributed by atoms with Gasteiger partial charge in [-0.2, -0.15) is 0 Å². The van der Waals surface area contributed by atoms with Crippen molar-refractivity contribution in [2.45, 2.75) is 33.2 Å². The van der Waals surface area contributed by atoms with Gasteiger partial charge in [-0.05, 0) is 47.2 Å². The fourth-order valence-corrected chi connectivity index (χ4v) is 4.35. The summed E-state index contributed by atoms with van der Waals surface area (Å²) in [4.78, 5) is 43.1. The third-order valence-electron chi connectivity index (χ3n) is 5.97. The topological polar surface area (TPSA) is 88.2 Å². The molecule has 0 atom stereocenters. The molecule has 8 nitrogen and oxygen atoms in total. The van der Waals surface area contributed by atoms with E-state index < -0.39 is 17.5 Å². The quantitative estimate of drug-likeness (QED) is 0.524. The number of hydrogen-bond donors (Lipinski definition) is 1. The van der Waals surface area contributed by atoms with E-state index in [9.17, 15) is 14.4 Å². The van der Waals surface area contributed by atoms with E-state index >= 15 is 0 Å². The molecule has 35 heavy (non-hydrogen) atoms. The van der Waals surface area contributed by atoms with Gasteiger partial charge in [0.05, 0.1) is 14.2 Å². The van der Waals surface area contributed by atoms with Gasteiger partial charge in [0.1, 0.15) is 18.0 Å². The number of benzene rings is 2. The second kappa shape index (κ2) is 10.8. The number of nitrogens with zero attached hydrogens (tertiary/aromatic N) is 2. The smallest absolute Gasteiger partial charge is 0.326 e.